The van der Waals surface area contributed by atoms with Gasteiger partial charge in [0, 0.05) is 17.2 Å². The van der Waals surface area contributed by atoms with Crippen LogP contribution in [0.25, 0.3) is 22.6 Å². The molecule has 1 aliphatic heterocycles. The number of rotatable bonds is 5. The Bertz CT molecular complexity index is 1350. The van der Waals surface area contributed by atoms with Crippen molar-refractivity contribution < 1.29 is 0 Å². The summed E-state index contributed by atoms with van der Waals surface area (Å²) in [6, 6.07) is 17.4. The molecular formula is C25H25N9. The fourth-order valence-electron chi connectivity index (χ4n) is 4.27. The Morgan fingerprint density at radius 1 is 1.00 bits per heavy atom. The zero-order valence-corrected chi connectivity index (χ0v) is 19.0. The van der Waals surface area contributed by atoms with E-state index in [1.54, 1.807) is 22.9 Å². The fraction of sp³-hybridized carbons (Fsp3) is 0.280. The highest BCUT2D eigenvalue weighted by Gasteiger charge is 2.19. The van der Waals surface area contributed by atoms with Gasteiger partial charge in [0.05, 0.1) is 41.5 Å². The third kappa shape index (κ3) is 4.77. The number of nitrogens with zero attached hydrogens (tertiary/aromatic N) is 8. The first-order chi connectivity index (χ1) is 16.6. The molecule has 5 rings (SSSR count). The second-order valence-corrected chi connectivity index (χ2v) is 8.62. The highest BCUT2D eigenvalue weighted by atomic mass is 15.4. The van der Waals surface area contributed by atoms with Crippen LogP contribution in [0.4, 0.5) is 5.95 Å². The smallest absolute Gasteiger partial charge is 0.221 e. The van der Waals surface area contributed by atoms with Gasteiger partial charge in [-0.3, -0.25) is 4.98 Å². The van der Waals surface area contributed by atoms with Gasteiger partial charge in [0.2, 0.25) is 5.95 Å². The number of likely N-dealkylation sites (tertiary alicyclic amines) is 1. The number of nitriles is 1. The van der Waals surface area contributed by atoms with Crippen LogP contribution in [0.15, 0.2) is 54.7 Å². The zero-order chi connectivity index (χ0) is 23.5. The first-order valence-electron chi connectivity index (χ1n) is 11.3. The molecule has 4 heterocycles. The Morgan fingerprint density at radius 3 is 2.62 bits per heavy atom. The molecule has 0 bridgehead atoms. The average molecular weight is 452 g/mol. The third-order valence-corrected chi connectivity index (χ3v) is 6.12. The molecule has 3 aromatic heterocycles. The summed E-state index contributed by atoms with van der Waals surface area (Å²) in [6.45, 7) is 2.73. The Kier molecular flexibility index (Phi) is 5.97. The molecule has 1 aromatic carbocycles. The van der Waals surface area contributed by atoms with E-state index in [1.165, 1.54) is 0 Å². The van der Waals surface area contributed by atoms with E-state index < -0.39 is 0 Å². The van der Waals surface area contributed by atoms with Crippen LogP contribution in [-0.2, 0) is 6.54 Å². The van der Waals surface area contributed by atoms with E-state index in [9.17, 15) is 5.26 Å². The van der Waals surface area contributed by atoms with Gasteiger partial charge in [0.1, 0.15) is 5.69 Å². The lowest BCUT2D eigenvalue weighted by Crippen LogP contribution is -2.29. The number of anilines is 1. The molecule has 0 aliphatic carbocycles. The van der Waals surface area contributed by atoms with Crippen molar-refractivity contribution in [1.82, 2.24) is 34.8 Å². The predicted octanol–water partition coefficient (Wildman–Crippen LogP) is 3.11. The molecule has 34 heavy (non-hydrogen) atoms. The second kappa shape index (κ2) is 9.37. The van der Waals surface area contributed by atoms with E-state index in [-0.39, 0.29) is 5.95 Å². The van der Waals surface area contributed by atoms with Crippen molar-refractivity contribution in [3.63, 3.8) is 0 Å². The third-order valence-electron chi connectivity index (χ3n) is 6.12. The maximum absolute atomic E-state index is 9.19. The molecule has 0 unspecified atom stereocenters. The number of hydrogen-bond acceptors (Lipinski definition) is 8. The molecule has 0 amide bonds. The molecule has 1 saturated heterocycles. The van der Waals surface area contributed by atoms with Crippen molar-refractivity contribution >= 4 is 5.95 Å². The van der Waals surface area contributed by atoms with Gasteiger partial charge in [0.25, 0.3) is 0 Å². The van der Waals surface area contributed by atoms with Crippen LogP contribution in [0, 0.1) is 11.3 Å². The molecule has 1 aliphatic rings. The summed E-state index contributed by atoms with van der Waals surface area (Å²) in [4.78, 5) is 15.9. The number of nitrogens with two attached hydrogens (primary N) is 1. The molecule has 0 radical (unpaired) electrons. The summed E-state index contributed by atoms with van der Waals surface area (Å²) in [5.74, 6) is 0.640. The summed E-state index contributed by atoms with van der Waals surface area (Å²) in [5, 5.41) is 17.8. The minimum Gasteiger partial charge on any atom is -0.368 e. The number of benzene rings is 1. The standard InChI is InChI=1S/C25H25N9/c1-33-10-8-18(9-11-33)21-7-3-6-20(28-21)15-34-16-24(31-32-34)23-13-22(29-25(27)30-23)19-5-2-4-17(12-19)14-26/h2-7,12-13,16,18H,8-11,15H2,1H3,(H2,27,29,30). The maximum atomic E-state index is 9.19. The van der Waals surface area contributed by atoms with Crippen molar-refractivity contribution in [1.29, 1.82) is 5.26 Å². The van der Waals surface area contributed by atoms with Gasteiger partial charge < -0.3 is 10.6 Å². The number of piperidine rings is 1. The quantitative estimate of drug-likeness (QED) is 0.491. The van der Waals surface area contributed by atoms with Crippen LogP contribution in [0.3, 0.4) is 0 Å². The lowest BCUT2D eigenvalue weighted by atomic mass is 9.93. The van der Waals surface area contributed by atoms with Gasteiger partial charge in [-0.1, -0.05) is 23.4 Å². The van der Waals surface area contributed by atoms with E-state index in [2.05, 4.69) is 50.4 Å². The molecule has 0 spiro atoms. The fourth-order valence-corrected chi connectivity index (χ4v) is 4.27. The van der Waals surface area contributed by atoms with Crippen LogP contribution < -0.4 is 5.73 Å². The monoisotopic (exact) mass is 451 g/mol. The van der Waals surface area contributed by atoms with Crippen molar-refractivity contribution in [2.24, 2.45) is 0 Å². The lowest BCUT2D eigenvalue weighted by Gasteiger charge is -2.28. The first kappa shape index (κ1) is 21.7. The lowest BCUT2D eigenvalue weighted by molar-refractivity contribution is 0.253. The van der Waals surface area contributed by atoms with Gasteiger partial charge in [-0.15, -0.1) is 5.10 Å². The van der Waals surface area contributed by atoms with Crippen molar-refractivity contribution in [3.05, 3.63) is 71.7 Å². The molecule has 170 valence electrons. The summed E-state index contributed by atoms with van der Waals surface area (Å²) >= 11 is 0. The maximum Gasteiger partial charge on any atom is 0.221 e. The molecule has 1 fully saturated rings. The van der Waals surface area contributed by atoms with E-state index in [0.717, 1.165) is 42.9 Å². The van der Waals surface area contributed by atoms with Gasteiger partial charge in [0.15, 0.2) is 0 Å². The topological polar surface area (TPSA) is 122 Å². The van der Waals surface area contributed by atoms with Crippen LogP contribution in [0.2, 0.25) is 0 Å². The van der Waals surface area contributed by atoms with Crippen LogP contribution in [0.5, 0.6) is 0 Å². The Balaban J connectivity index is 1.36. The number of aromatic nitrogens is 6. The predicted molar refractivity (Wildman–Crippen MR) is 128 cm³/mol. The van der Waals surface area contributed by atoms with Crippen LogP contribution >= 0.6 is 0 Å². The molecule has 0 saturated carbocycles. The largest absolute Gasteiger partial charge is 0.368 e. The molecular weight excluding hydrogens is 426 g/mol. The van der Waals surface area contributed by atoms with Gasteiger partial charge in [-0.2, -0.15) is 5.26 Å². The molecule has 2 N–H and O–H groups in total. The molecule has 0 atom stereocenters. The highest BCUT2D eigenvalue weighted by Crippen LogP contribution is 2.27. The number of nitrogen functional groups attached to an aromatic ring is 1. The van der Waals surface area contributed by atoms with Crippen LogP contribution in [-0.4, -0.2) is 55.0 Å². The summed E-state index contributed by atoms with van der Waals surface area (Å²) < 4.78 is 1.75. The minimum absolute atomic E-state index is 0.136. The van der Waals surface area contributed by atoms with E-state index in [1.807, 2.05) is 24.4 Å². The van der Waals surface area contributed by atoms with E-state index in [0.29, 0.717) is 35.1 Å². The van der Waals surface area contributed by atoms with Crippen molar-refractivity contribution in [2.45, 2.75) is 25.3 Å². The van der Waals surface area contributed by atoms with E-state index >= 15 is 0 Å². The molecule has 9 heteroatoms. The SMILES string of the molecule is CN1CCC(c2cccc(Cn3cc(-c4cc(-c5cccc(C#N)c5)nc(N)n4)nn3)n2)CC1. The van der Waals surface area contributed by atoms with Crippen molar-refractivity contribution in [3.8, 4) is 28.7 Å². The average Bonchev–Trinajstić information content (AvgIpc) is 3.33. The number of pyridine rings is 1. The Morgan fingerprint density at radius 2 is 1.79 bits per heavy atom. The summed E-state index contributed by atoms with van der Waals surface area (Å²) in [6.07, 6.45) is 4.10. The molecule has 9 nitrogen and oxygen atoms in total. The van der Waals surface area contributed by atoms with Crippen LogP contribution in [0.1, 0.15) is 35.7 Å². The summed E-state index contributed by atoms with van der Waals surface area (Å²) in [5.41, 5.74) is 11.2. The van der Waals surface area contributed by atoms with E-state index in [4.69, 9.17) is 10.7 Å². The second-order valence-electron chi connectivity index (χ2n) is 8.62. The minimum atomic E-state index is 0.136. The van der Waals surface area contributed by atoms with Gasteiger partial charge in [-0.25, -0.2) is 14.6 Å². The Hall–Kier alpha value is -4.16. The summed E-state index contributed by atoms with van der Waals surface area (Å²) in [7, 11) is 2.17. The Labute approximate surface area is 197 Å². The van der Waals surface area contributed by atoms with Gasteiger partial charge >= 0.3 is 0 Å². The first-order valence-corrected chi connectivity index (χ1v) is 11.3. The van der Waals surface area contributed by atoms with Gasteiger partial charge in [-0.05, 0) is 63.3 Å². The van der Waals surface area contributed by atoms with Crippen molar-refractivity contribution in [2.75, 3.05) is 25.9 Å². The highest BCUT2D eigenvalue weighted by molar-refractivity contribution is 5.68. The number of hydrogen-bond donors (Lipinski definition) is 1. The normalized spacial score (nSPS) is 14.7. The molecule has 4 aromatic rings. The zero-order valence-electron chi connectivity index (χ0n) is 19.0.